The second kappa shape index (κ2) is 12.1. The van der Waals surface area contributed by atoms with Crippen molar-refractivity contribution < 1.29 is 14.6 Å². The van der Waals surface area contributed by atoms with Gasteiger partial charge in [-0.3, -0.25) is 4.79 Å². The third-order valence-corrected chi connectivity index (χ3v) is 5.03. The van der Waals surface area contributed by atoms with Crippen LogP contribution < -0.4 is 5.32 Å². The van der Waals surface area contributed by atoms with Gasteiger partial charge in [0.05, 0.1) is 6.10 Å². The Morgan fingerprint density at radius 3 is 2.62 bits per heavy atom. The maximum Gasteiger partial charge on any atom is 0.290 e. The molecule has 4 nitrogen and oxygen atoms in total. The molecule has 2 unspecified atom stereocenters. The van der Waals surface area contributed by atoms with Gasteiger partial charge in [-0.05, 0) is 36.9 Å². The summed E-state index contributed by atoms with van der Waals surface area (Å²) >= 11 is 1.85. The van der Waals surface area contributed by atoms with E-state index in [9.17, 15) is 0 Å². The van der Waals surface area contributed by atoms with Gasteiger partial charge in [0.25, 0.3) is 6.47 Å². The Hall–Kier alpha value is -1.30. The van der Waals surface area contributed by atoms with Crippen LogP contribution >= 0.6 is 11.8 Å². The maximum absolute atomic E-state index is 8.36. The maximum atomic E-state index is 8.36. The van der Waals surface area contributed by atoms with E-state index in [4.69, 9.17) is 14.6 Å². The summed E-state index contributed by atoms with van der Waals surface area (Å²) in [6.07, 6.45) is 6.72. The molecule has 1 heterocycles. The number of rotatable bonds is 9. The van der Waals surface area contributed by atoms with Crippen molar-refractivity contribution in [3.8, 4) is 0 Å². The molecule has 0 aliphatic carbocycles. The van der Waals surface area contributed by atoms with E-state index in [1.807, 2.05) is 11.8 Å². The summed E-state index contributed by atoms with van der Waals surface area (Å²) in [6.45, 7) is 6.14. The van der Waals surface area contributed by atoms with Crippen molar-refractivity contribution in [1.29, 1.82) is 0 Å². The lowest BCUT2D eigenvalue weighted by Gasteiger charge is -2.33. The lowest BCUT2D eigenvalue weighted by atomic mass is 10.0. The molecule has 0 radical (unpaired) electrons. The molecule has 1 aromatic rings. The van der Waals surface area contributed by atoms with Crippen molar-refractivity contribution in [1.82, 2.24) is 5.32 Å². The Kier molecular flexibility index (Phi) is 10.5. The van der Waals surface area contributed by atoms with Gasteiger partial charge in [-0.25, -0.2) is 0 Å². The van der Waals surface area contributed by atoms with Crippen molar-refractivity contribution in [3.05, 3.63) is 47.4 Å². The molecular formula is C19H29NO3S. The lowest BCUT2D eigenvalue weighted by Crippen LogP contribution is -2.29. The van der Waals surface area contributed by atoms with Crippen molar-refractivity contribution in [2.75, 3.05) is 13.1 Å². The number of hydrogen-bond donors (Lipinski definition) is 2. The average Bonchev–Trinajstić information content (AvgIpc) is 3.04. The van der Waals surface area contributed by atoms with Gasteiger partial charge in [0, 0.05) is 6.42 Å². The molecule has 0 fully saturated rings. The highest BCUT2D eigenvalue weighted by atomic mass is 32.2. The fourth-order valence-corrected chi connectivity index (χ4v) is 3.88. The molecule has 0 bridgehead atoms. The molecule has 0 saturated heterocycles. The number of ether oxygens (including phenoxy) is 1. The molecule has 134 valence electrons. The van der Waals surface area contributed by atoms with Gasteiger partial charge >= 0.3 is 0 Å². The van der Waals surface area contributed by atoms with Crippen LogP contribution in [0.1, 0.15) is 51.2 Å². The summed E-state index contributed by atoms with van der Waals surface area (Å²) in [5.41, 5.74) is 1.29. The van der Waals surface area contributed by atoms with E-state index in [-0.39, 0.29) is 17.5 Å². The van der Waals surface area contributed by atoms with Crippen LogP contribution in [-0.2, 0) is 9.53 Å². The number of carboxylic acid groups (broad SMARTS) is 1. The lowest BCUT2D eigenvalue weighted by molar-refractivity contribution is -0.122. The monoisotopic (exact) mass is 351 g/mol. The van der Waals surface area contributed by atoms with Crippen LogP contribution in [0.4, 0.5) is 0 Å². The van der Waals surface area contributed by atoms with E-state index in [0.29, 0.717) is 0 Å². The predicted octanol–water partition coefficient (Wildman–Crippen LogP) is 4.59. The van der Waals surface area contributed by atoms with Crippen LogP contribution in [0.5, 0.6) is 0 Å². The Labute approximate surface area is 149 Å². The topological polar surface area (TPSA) is 58.6 Å². The number of benzene rings is 1. The molecule has 0 aromatic heterocycles. The highest BCUT2D eigenvalue weighted by Crippen LogP contribution is 2.45. The third kappa shape index (κ3) is 7.07. The molecule has 5 heteroatoms. The number of hydrogen-bond acceptors (Lipinski definition) is 4. The van der Waals surface area contributed by atoms with Crippen LogP contribution in [0.15, 0.2) is 41.8 Å². The van der Waals surface area contributed by atoms with Crippen molar-refractivity contribution in [2.45, 2.75) is 50.6 Å². The van der Waals surface area contributed by atoms with Gasteiger partial charge in [-0.2, -0.15) is 0 Å². The van der Waals surface area contributed by atoms with Gasteiger partial charge in [-0.15, -0.1) is 0 Å². The van der Waals surface area contributed by atoms with Crippen LogP contribution in [0, 0.1) is 0 Å². The zero-order valence-corrected chi connectivity index (χ0v) is 15.4. The van der Waals surface area contributed by atoms with E-state index in [1.54, 1.807) is 0 Å². The first kappa shape index (κ1) is 20.7. The van der Waals surface area contributed by atoms with E-state index >= 15 is 0 Å². The van der Waals surface area contributed by atoms with E-state index < -0.39 is 0 Å². The Morgan fingerprint density at radius 1 is 1.38 bits per heavy atom. The zero-order chi connectivity index (χ0) is 17.7. The highest BCUT2D eigenvalue weighted by Gasteiger charge is 2.35. The van der Waals surface area contributed by atoms with Gasteiger partial charge in [-0.1, -0.05) is 68.4 Å². The second-order valence-corrected chi connectivity index (χ2v) is 6.87. The Morgan fingerprint density at radius 2 is 2.08 bits per heavy atom. The molecule has 24 heavy (non-hydrogen) atoms. The van der Waals surface area contributed by atoms with E-state index in [2.05, 4.69) is 61.0 Å². The molecule has 1 aliphatic heterocycles. The average molecular weight is 352 g/mol. The Bertz CT molecular complexity index is 471. The Balaban J connectivity index is 0.000000891. The summed E-state index contributed by atoms with van der Waals surface area (Å²) in [7, 11) is 0. The normalized spacial score (nSPS) is 20.2. The minimum Gasteiger partial charge on any atom is -0.483 e. The van der Waals surface area contributed by atoms with E-state index in [0.717, 1.165) is 38.8 Å². The van der Waals surface area contributed by atoms with Gasteiger partial charge in [0.1, 0.15) is 4.93 Å². The van der Waals surface area contributed by atoms with Crippen LogP contribution in [0.3, 0.4) is 0 Å². The molecule has 2 N–H and O–H groups in total. The molecule has 2 atom stereocenters. The van der Waals surface area contributed by atoms with Crippen molar-refractivity contribution >= 4 is 18.2 Å². The van der Waals surface area contributed by atoms with Gasteiger partial charge in [0.15, 0.2) is 0 Å². The molecular weight excluding hydrogens is 322 g/mol. The minimum absolute atomic E-state index is 0.0541. The summed E-state index contributed by atoms with van der Waals surface area (Å²) < 4.78 is 6.63. The van der Waals surface area contributed by atoms with Crippen molar-refractivity contribution in [3.63, 3.8) is 0 Å². The second-order valence-electron chi connectivity index (χ2n) is 5.62. The van der Waals surface area contributed by atoms with Crippen molar-refractivity contribution in [2.24, 2.45) is 0 Å². The third-order valence-electron chi connectivity index (χ3n) is 3.80. The molecule has 1 aromatic carbocycles. The van der Waals surface area contributed by atoms with Crippen LogP contribution in [0.2, 0.25) is 0 Å². The first-order valence-corrected chi connectivity index (χ1v) is 9.43. The summed E-state index contributed by atoms with van der Waals surface area (Å²) in [4.78, 5) is 8.31. The molecule has 2 rings (SSSR count). The predicted molar refractivity (Wildman–Crippen MR) is 101 cm³/mol. The number of nitrogens with one attached hydrogen (secondary N) is 1. The van der Waals surface area contributed by atoms with Gasteiger partial charge in [0.2, 0.25) is 0 Å². The zero-order valence-electron chi connectivity index (χ0n) is 14.6. The fourth-order valence-electron chi connectivity index (χ4n) is 2.76. The smallest absolute Gasteiger partial charge is 0.290 e. The first-order valence-electron chi connectivity index (χ1n) is 8.55. The highest BCUT2D eigenvalue weighted by molar-refractivity contribution is 8.03. The molecule has 1 aliphatic rings. The number of thioether (sulfide) groups is 1. The van der Waals surface area contributed by atoms with Crippen LogP contribution in [0.25, 0.3) is 0 Å². The van der Waals surface area contributed by atoms with Crippen LogP contribution in [-0.4, -0.2) is 29.6 Å². The van der Waals surface area contributed by atoms with E-state index in [1.165, 1.54) is 5.56 Å². The first-order chi connectivity index (χ1) is 11.7. The SMILES string of the molecule is CCCC1(OC(CCNCC)c2ccccc2)CC=CS1.O=CO. The quantitative estimate of drug-likeness (QED) is 0.503. The largest absolute Gasteiger partial charge is 0.483 e. The number of carbonyl (C=O) groups is 1. The summed E-state index contributed by atoms with van der Waals surface area (Å²) in [5.74, 6) is 0. The fraction of sp³-hybridized carbons (Fsp3) is 0.526. The molecule has 0 saturated carbocycles. The standard InChI is InChI=1S/C18H27NOS.CH2O2/c1-3-12-18(13-8-15-21-18)20-17(11-14-19-4-2)16-9-6-5-7-10-16;2-1-3/h5-10,15,17,19H,3-4,11-14H2,1-2H3;1H,(H,2,3). The molecule has 0 amide bonds. The minimum atomic E-state index is -0.250. The molecule has 0 spiro atoms. The summed E-state index contributed by atoms with van der Waals surface area (Å²) in [5, 5.41) is 12.5. The van der Waals surface area contributed by atoms with Gasteiger partial charge < -0.3 is 15.2 Å². The summed E-state index contributed by atoms with van der Waals surface area (Å²) in [6, 6.07) is 10.6.